The van der Waals surface area contributed by atoms with Crippen molar-refractivity contribution < 1.29 is 9.53 Å². The number of nitrogens with one attached hydrogen (secondary N) is 1. The molecule has 1 aromatic heterocycles. The molecule has 0 saturated carbocycles. The fourth-order valence-corrected chi connectivity index (χ4v) is 4.18. The van der Waals surface area contributed by atoms with Crippen molar-refractivity contribution in [1.82, 2.24) is 14.9 Å². The molecule has 4 aromatic rings. The summed E-state index contributed by atoms with van der Waals surface area (Å²) in [5.74, 6) is 1.93. The van der Waals surface area contributed by atoms with Crippen LogP contribution >= 0.6 is 0 Å². The van der Waals surface area contributed by atoms with Gasteiger partial charge in [0.05, 0.1) is 17.6 Å². The van der Waals surface area contributed by atoms with E-state index in [1.165, 1.54) is 11.1 Å². The first-order valence-electron chi connectivity index (χ1n) is 12.8. The maximum absolute atomic E-state index is 12.1. The van der Waals surface area contributed by atoms with E-state index in [-0.39, 0.29) is 5.91 Å². The molecule has 0 aliphatic heterocycles. The molecule has 0 spiro atoms. The van der Waals surface area contributed by atoms with E-state index >= 15 is 0 Å². The maximum Gasteiger partial charge on any atom is 0.243 e. The van der Waals surface area contributed by atoms with Crippen LogP contribution in [0.25, 0.3) is 17.1 Å². The summed E-state index contributed by atoms with van der Waals surface area (Å²) in [6.07, 6.45) is 7.06. The van der Waals surface area contributed by atoms with Crippen molar-refractivity contribution in [3.05, 3.63) is 101 Å². The Bertz CT molecular complexity index is 1310. The van der Waals surface area contributed by atoms with Crippen molar-refractivity contribution in [3.63, 3.8) is 0 Å². The van der Waals surface area contributed by atoms with E-state index < -0.39 is 0 Å². The Morgan fingerprint density at radius 2 is 1.75 bits per heavy atom. The fraction of sp³-hybridized carbons (Fsp3) is 0.290. The second-order valence-electron chi connectivity index (χ2n) is 9.11. The van der Waals surface area contributed by atoms with Gasteiger partial charge in [-0.2, -0.15) is 0 Å². The van der Waals surface area contributed by atoms with Crippen LogP contribution in [0.4, 0.5) is 0 Å². The van der Waals surface area contributed by atoms with Crippen LogP contribution < -0.4 is 10.1 Å². The molecular formula is C31H35N3O2. The molecule has 3 aromatic carbocycles. The summed E-state index contributed by atoms with van der Waals surface area (Å²) >= 11 is 0. The lowest BCUT2D eigenvalue weighted by Crippen LogP contribution is -2.22. The minimum absolute atomic E-state index is 0.0730. The monoisotopic (exact) mass is 481 g/mol. The third-order valence-electron chi connectivity index (χ3n) is 6.36. The lowest BCUT2D eigenvalue weighted by Gasteiger charge is -2.11. The first-order valence-corrected chi connectivity index (χ1v) is 12.8. The van der Waals surface area contributed by atoms with Gasteiger partial charge in [-0.1, -0.05) is 48.5 Å². The number of carbonyl (C=O) groups excluding carboxylic acids is 1. The van der Waals surface area contributed by atoms with Crippen LogP contribution in [0, 0.1) is 13.8 Å². The Hall–Kier alpha value is -3.86. The summed E-state index contributed by atoms with van der Waals surface area (Å²) in [4.78, 5) is 17.0. The second kappa shape index (κ2) is 12.7. The Kier molecular flexibility index (Phi) is 8.92. The van der Waals surface area contributed by atoms with Crippen LogP contribution in [0.1, 0.15) is 41.8 Å². The minimum Gasteiger partial charge on any atom is -0.494 e. The van der Waals surface area contributed by atoms with E-state index in [4.69, 9.17) is 9.72 Å². The number of hydrogen-bond acceptors (Lipinski definition) is 3. The van der Waals surface area contributed by atoms with E-state index in [1.807, 2.05) is 48.5 Å². The summed E-state index contributed by atoms with van der Waals surface area (Å²) < 4.78 is 8.28. The molecule has 1 amide bonds. The number of amides is 1. The number of para-hydroxylation sites is 2. The molecule has 0 fully saturated rings. The average Bonchev–Trinajstić information content (AvgIpc) is 3.25. The van der Waals surface area contributed by atoms with Crippen LogP contribution in [0.15, 0.2) is 78.9 Å². The summed E-state index contributed by atoms with van der Waals surface area (Å²) in [7, 11) is 0. The molecule has 1 heterocycles. The molecular weight excluding hydrogens is 446 g/mol. The molecule has 5 nitrogen and oxygen atoms in total. The zero-order chi connectivity index (χ0) is 25.2. The number of nitrogens with zero attached hydrogens (tertiary/aromatic N) is 2. The molecule has 0 aliphatic rings. The third-order valence-corrected chi connectivity index (χ3v) is 6.36. The first-order chi connectivity index (χ1) is 17.6. The van der Waals surface area contributed by atoms with Gasteiger partial charge in [-0.15, -0.1) is 0 Å². The smallest absolute Gasteiger partial charge is 0.243 e. The molecule has 4 rings (SSSR count). The van der Waals surface area contributed by atoms with Gasteiger partial charge in [0.2, 0.25) is 5.91 Å². The van der Waals surface area contributed by atoms with Gasteiger partial charge in [0.1, 0.15) is 11.6 Å². The molecule has 5 heteroatoms. The van der Waals surface area contributed by atoms with Gasteiger partial charge >= 0.3 is 0 Å². The van der Waals surface area contributed by atoms with Crippen LogP contribution in [0.5, 0.6) is 5.75 Å². The topological polar surface area (TPSA) is 56.1 Å². The Labute approximate surface area is 213 Å². The fourth-order valence-electron chi connectivity index (χ4n) is 4.18. The van der Waals surface area contributed by atoms with Gasteiger partial charge < -0.3 is 14.6 Å². The Morgan fingerprint density at radius 1 is 0.944 bits per heavy atom. The molecule has 0 radical (unpaired) electrons. The lowest BCUT2D eigenvalue weighted by molar-refractivity contribution is -0.116. The number of benzene rings is 3. The number of hydrogen-bond donors (Lipinski definition) is 1. The number of imidazole rings is 1. The Morgan fingerprint density at radius 3 is 2.58 bits per heavy atom. The number of aryl methyl sites for hydroxylation is 4. The van der Waals surface area contributed by atoms with E-state index in [0.29, 0.717) is 13.2 Å². The normalized spacial score (nSPS) is 11.3. The zero-order valence-electron chi connectivity index (χ0n) is 21.2. The summed E-state index contributed by atoms with van der Waals surface area (Å²) in [5.41, 5.74) is 5.74. The lowest BCUT2D eigenvalue weighted by atomic mass is 10.1. The van der Waals surface area contributed by atoms with Gasteiger partial charge in [0.15, 0.2) is 0 Å². The third kappa shape index (κ3) is 7.08. The predicted octanol–water partition coefficient (Wildman–Crippen LogP) is 6.27. The van der Waals surface area contributed by atoms with Gasteiger partial charge in [-0.05, 0) is 80.1 Å². The molecule has 36 heavy (non-hydrogen) atoms. The summed E-state index contributed by atoms with van der Waals surface area (Å²) in [6, 6.07) is 24.4. The minimum atomic E-state index is -0.0730. The first kappa shape index (κ1) is 25.2. The largest absolute Gasteiger partial charge is 0.494 e. The standard InChI is InChI=1S/C31H35N3O2/c1-24-16-18-27(23-25(24)2)36-22-9-8-21-34-29-14-7-6-13-28(29)33-30(34)15-10-20-32-31(35)19-17-26-11-4-3-5-12-26/h3-7,11-14,16-19,23H,8-10,15,20-22H2,1-2H3,(H,32,35)/b19-17-. The highest BCUT2D eigenvalue weighted by molar-refractivity contribution is 5.91. The molecule has 0 bridgehead atoms. The number of rotatable bonds is 12. The number of carbonyl (C=O) groups is 1. The van der Waals surface area contributed by atoms with Gasteiger partial charge in [0, 0.05) is 25.6 Å². The average molecular weight is 482 g/mol. The van der Waals surface area contributed by atoms with E-state index in [0.717, 1.165) is 60.4 Å². The molecule has 186 valence electrons. The maximum atomic E-state index is 12.1. The van der Waals surface area contributed by atoms with E-state index in [1.54, 1.807) is 6.08 Å². The van der Waals surface area contributed by atoms with Gasteiger partial charge in [0.25, 0.3) is 0 Å². The van der Waals surface area contributed by atoms with Gasteiger partial charge in [-0.3, -0.25) is 4.79 Å². The number of ether oxygens (including phenoxy) is 1. The van der Waals surface area contributed by atoms with Crippen LogP contribution in [-0.4, -0.2) is 28.6 Å². The highest BCUT2D eigenvalue weighted by Gasteiger charge is 2.10. The van der Waals surface area contributed by atoms with Crippen molar-refractivity contribution >= 4 is 23.0 Å². The van der Waals surface area contributed by atoms with Gasteiger partial charge in [-0.25, -0.2) is 4.98 Å². The molecule has 1 N–H and O–H groups in total. The van der Waals surface area contributed by atoms with Crippen molar-refractivity contribution in [2.75, 3.05) is 13.2 Å². The number of unbranched alkanes of at least 4 members (excludes halogenated alkanes) is 1. The van der Waals surface area contributed by atoms with E-state index in [2.05, 4.69) is 54.1 Å². The Balaban J connectivity index is 1.26. The van der Waals surface area contributed by atoms with Crippen LogP contribution in [0.3, 0.4) is 0 Å². The summed E-state index contributed by atoms with van der Waals surface area (Å²) in [6.45, 7) is 6.44. The highest BCUT2D eigenvalue weighted by Crippen LogP contribution is 2.19. The van der Waals surface area contributed by atoms with E-state index in [9.17, 15) is 4.79 Å². The molecule has 0 saturated heterocycles. The molecule has 0 aliphatic carbocycles. The zero-order valence-corrected chi connectivity index (χ0v) is 21.2. The molecule has 0 atom stereocenters. The number of aromatic nitrogens is 2. The SMILES string of the molecule is Cc1ccc(OCCCCn2c(CCCNC(=O)/C=C\c3ccccc3)nc3ccccc32)cc1C. The van der Waals surface area contributed by atoms with Crippen molar-refractivity contribution in [3.8, 4) is 5.75 Å². The van der Waals surface area contributed by atoms with Crippen molar-refractivity contribution in [2.45, 2.75) is 46.1 Å². The number of fused-ring (bicyclic) bond motifs is 1. The predicted molar refractivity (Wildman–Crippen MR) is 147 cm³/mol. The summed E-state index contributed by atoms with van der Waals surface area (Å²) in [5, 5.41) is 2.98. The quantitative estimate of drug-likeness (QED) is 0.192. The van der Waals surface area contributed by atoms with Crippen molar-refractivity contribution in [2.24, 2.45) is 0 Å². The highest BCUT2D eigenvalue weighted by atomic mass is 16.5. The second-order valence-corrected chi connectivity index (χ2v) is 9.11. The van der Waals surface area contributed by atoms with Crippen molar-refractivity contribution in [1.29, 1.82) is 0 Å². The van der Waals surface area contributed by atoms with Crippen LogP contribution in [0.2, 0.25) is 0 Å². The molecule has 0 unspecified atom stereocenters. The van der Waals surface area contributed by atoms with Crippen LogP contribution in [-0.2, 0) is 17.8 Å².